The van der Waals surface area contributed by atoms with Gasteiger partial charge >= 0.3 is 6.09 Å². The molecule has 0 aromatic heterocycles. The molecule has 2 aromatic rings. The molecule has 38 heavy (non-hydrogen) atoms. The number of amides is 1. The molecular weight excluding hydrogens is 522 g/mol. The summed E-state index contributed by atoms with van der Waals surface area (Å²) in [6.07, 6.45) is 7.65. The number of piperidine rings is 3. The Kier molecular flexibility index (Phi) is 8.93. The number of carbonyl (C=O) groups excluding carboxylic acids is 1. The molecule has 206 valence electrons. The van der Waals surface area contributed by atoms with Crippen LogP contribution in [0.3, 0.4) is 0 Å². The molecule has 3 aliphatic rings. The van der Waals surface area contributed by atoms with E-state index in [4.69, 9.17) is 16.3 Å². The average Bonchev–Trinajstić information content (AvgIpc) is 2.97. The second-order valence-electron chi connectivity index (χ2n) is 10.7. The van der Waals surface area contributed by atoms with Crippen molar-refractivity contribution in [3.05, 3.63) is 65.2 Å². The van der Waals surface area contributed by atoms with Gasteiger partial charge in [-0.2, -0.15) is 4.31 Å². The van der Waals surface area contributed by atoms with Gasteiger partial charge < -0.3 is 14.5 Å². The molecule has 1 amide bonds. The lowest BCUT2D eigenvalue weighted by molar-refractivity contribution is 0.0450. The maximum Gasteiger partial charge on any atom is 0.409 e. The van der Waals surface area contributed by atoms with Crippen LogP contribution in [0.4, 0.5) is 4.79 Å². The lowest BCUT2D eigenvalue weighted by Crippen LogP contribution is -2.50. The highest BCUT2D eigenvalue weighted by molar-refractivity contribution is 7.89. The molecule has 2 atom stereocenters. The highest BCUT2D eigenvalue weighted by Gasteiger charge is 2.41. The van der Waals surface area contributed by atoms with Crippen LogP contribution in [0.2, 0.25) is 5.02 Å². The topological polar surface area (TPSA) is 70.2 Å². The van der Waals surface area contributed by atoms with Gasteiger partial charge in [-0.3, -0.25) is 0 Å². The largest absolute Gasteiger partial charge is 0.448 e. The van der Waals surface area contributed by atoms with Crippen molar-refractivity contribution in [1.29, 1.82) is 0 Å². The van der Waals surface area contributed by atoms with Crippen LogP contribution in [-0.2, 0) is 14.8 Å². The molecular formula is C29H38ClN3O4S. The monoisotopic (exact) mass is 559 g/mol. The number of nitrogens with zero attached hydrogens (tertiary/aromatic N) is 3. The Hall–Kier alpha value is -2.13. The van der Waals surface area contributed by atoms with Gasteiger partial charge in [-0.1, -0.05) is 48.4 Å². The van der Waals surface area contributed by atoms with Crippen LogP contribution in [0.15, 0.2) is 59.5 Å². The third kappa shape index (κ3) is 6.19. The summed E-state index contributed by atoms with van der Waals surface area (Å²) >= 11 is 6.04. The van der Waals surface area contributed by atoms with Crippen LogP contribution in [0, 0.1) is 0 Å². The second kappa shape index (κ2) is 12.4. The van der Waals surface area contributed by atoms with Crippen molar-refractivity contribution in [2.45, 2.75) is 74.4 Å². The molecule has 0 spiro atoms. The van der Waals surface area contributed by atoms with Gasteiger partial charge in [-0.05, 0) is 87.9 Å². The van der Waals surface area contributed by atoms with Crippen molar-refractivity contribution in [1.82, 2.24) is 14.1 Å². The standard InChI is InChI=1S/C29H38ClN3O4S/c30-24-12-14-27(15-13-24)38(35,36)33-26(10-7-11-28(33)23-8-3-1-4-9-23)22-37-29(34)32-20-16-25(17-21-32)31-18-5-2-6-19-31/h1,3-4,8-9,12-15,25-26,28H,2,5-7,10-11,16-22H2/t26-,28+/m1/s1. The maximum absolute atomic E-state index is 14.0. The summed E-state index contributed by atoms with van der Waals surface area (Å²) in [5, 5.41) is 0.483. The first kappa shape index (κ1) is 27.4. The second-order valence-corrected chi connectivity index (χ2v) is 13.0. The van der Waals surface area contributed by atoms with E-state index in [1.807, 2.05) is 30.3 Å². The van der Waals surface area contributed by atoms with Crippen LogP contribution in [0.1, 0.15) is 63.0 Å². The number of sulfonamides is 1. The minimum absolute atomic E-state index is 0.0427. The first-order chi connectivity index (χ1) is 18.4. The van der Waals surface area contributed by atoms with Gasteiger partial charge in [0, 0.05) is 24.2 Å². The molecule has 3 aliphatic heterocycles. The molecule has 0 N–H and O–H groups in total. The lowest BCUT2D eigenvalue weighted by Gasteiger charge is -2.42. The summed E-state index contributed by atoms with van der Waals surface area (Å²) in [6, 6.07) is 15.8. The molecule has 0 radical (unpaired) electrons. The van der Waals surface area contributed by atoms with Crippen molar-refractivity contribution in [3.63, 3.8) is 0 Å². The molecule has 5 rings (SSSR count). The minimum atomic E-state index is -3.85. The van der Waals surface area contributed by atoms with E-state index in [9.17, 15) is 13.2 Å². The quantitative estimate of drug-likeness (QED) is 0.453. The van der Waals surface area contributed by atoms with Crippen LogP contribution in [0.5, 0.6) is 0 Å². The maximum atomic E-state index is 14.0. The van der Waals surface area contributed by atoms with E-state index in [0.717, 1.165) is 37.9 Å². The van der Waals surface area contributed by atoms with Gasteiger partial charge in [0.2, 0.25) is 10.0 Å². The molecule has 3 heterocycles. The number of rotatable bonds is 6. The molecule has 9 heteroatoms. The Bertz CT molecular complexity index is 1160. The van der Waals surface area contributed by atoms with Gasteiger partial charge in [0.1, 0.15) is 6.61 Å². The van der Waals surface area contributed by atoms with Crippen molar-refractivity contribution >= 4 is 27.7 Å². The van der Waals surface area contributed by atoms with Gasteiger partial charge in [-0.25, -0.2) is 13.2 Å². The third-order valence-corrected chi connectivity index (χ3v) is 10.5. The number of halogens is 1. The van der Waals surface area contributed by atoms with Crippen LogP contribution >= 0.6 is 11.6 Å². The normalized spacial score (nSPS) is 24.3. The Balaban J connectivity index is 1.28. The zero-order chi connectivity index (χ0) is 26.5. The predicted molar refractivity (Wildman–Crippen MR) is 149 cm³/mol. The molecule has 3 saturated heterocycles. The first-order valence-corrected chi connectivity index (χ1v) is 15.7. The molecule has 2 aromatic carbocycles. The number of carbonyl (C=O) groups is 1. The summed E-state index contributed by atoms with van der Waals surface area (Å²) in [6.45, 7) is 3.74. The van der Waals surface area contributed by atoms with Gasteiger partial charge in [0.15, 0.2) is 0 Å². The van der Waals surface area contributed by atoms with Crippen molar-refractivity contribution in [2.24, 2.45) is 0 Å². The number of hydrogen-bond acceptors (Lipinski definition) is 5. The molecule has 7 nitrogen and oxygen atoms in total. The fraction of sp³-hybridized carbons (Fsp3) is 0.552. The minimum Gasteiger partial charge on any atom is -0.448 e. The van der Waals surface area contributed by atoms with Crippen molar-refractivity contribution < 1.29 is 17.9 Å². The fourth-order valence-electron chi connectivity index (χ4n) is 6.25. The van der Waals surface area contributed by atoms with Crippen LogP contribution < -0.4 is 0 Å². The van der Waals surface area contributed by atoms with Crippen LogP contribution in [-0.4, -0.2) is 73.5 Å². The Morgan fingerprint density at radius 2 is 1.53 bits per heavy atom. The number of benzene rings is 2. The number of ether oxygens (including phenoxy) is 1. The smallest absolute Gasteiger partial charge is 0.409 e. The van der Waals surface area contributed by atoms with E-state index in [2.05, 4.69) is 4.90 Å². The van der Waals surface area contributed by atoms with Crippen molar-refractivity contribution in [2.75, 3.05) is 32.8 Å². The highest BCUT2D eigenvalue weighted by atomic mass is 35.5. The van der Waals surface area contributed by atoms with Gasteiger partial charge in [0.25, 0.3) is 0 Å². The molecule has 0 saturated carbocycles. The summed E-state index contributed by atoms with van der Waals surface area (Å²) in [4.78, 5) is 17.6. The highest BCUT2D eigenvalue weighted by Crippen LogP contribution is 2.39. The third-order valence-electron chi connectivity index (χ3n) is 8.28. The summed E-state index contributed by atoms with van der Waals surface area (Å²) in [5.41, 5.74) is 0.945. The van der Waals surface area contributed by atoms with Crippen molar-refractivity contribution in [3.8, 4) is 0 Å². The van der Waals surface area contributed by atoms with E-state index in [1.54, 1.807) is 33.5 Å². The number of hydrogen-bond donors (Lipinski definition) is 0. The zero-order valence-electron chi connectivity index (χ0n) is 21.9. The molecule has 3 fully saturated rings. The van der Waals surface area contributed by atoms with E-state index >= 15 is 0 Å². The van der Waals surface area contributed by atoms with E-state index < -0.39 is 16.1 Å². The Labute approximate surface area is 231 Å². The molecule has 0 unspecified atom stereocenters. The van der Waals surface area contributed by atoms with Gasteiger partial charge in [-0.15, -0.1) is 0 Å². The van der Waals surface area contributed by atoms with E-state index in [0.29, 0.717) is 37.0 Å². The lowest BCUT2D eigenvalue weighted by atomic mass is 9.93. The summed E-state index contributed by atoms with van der Waals surface area (Å²) in [5.74, 6) is 0. The molecule has 0 aliphatic carbocycles. The first-order valence-electron chi connectivity index (χ1n) is 13.9. The molecule has 0 bridgehead atoms. The Morgan fingerprint density at radius 1 is 0.842 bits per heavy atom. The summed E-state index contributed by atoms with van der Waals surface area (Å²) in [7, 11) is -3.85. The average molecular weight is 560 g/mol. The van der Waals surface area contributed by atoms with E-state index in [-0.39, 0.29) is 23.6 Å². The Morgan fingerprint density at radius 3 is 2.21 bits per heavy atom. The summed E-state index contributed by atoms with van der Waals surface area (Å²) < 4.78 is 35.3. The zero-order valence-corrected chi connectivity index (χ0v) is 23.5. The number of likely N-dealkylation sites (tertiary alicyclic amines) is 2. The SMILES string of the molecule is O=C(OC[C@H]1CCC[C@@H](c2ccccc2)N1S(=O)(=O)c1ccc(Cl)cc1)N1CCC(N2CCCCC2)CC1. The van der Waals surface area contributed by atoms with Crippen LogP contribution in [0.25, 0.3) is 0 Å². The fourth-order valence-corrected chi connectivity index (χ4v) is 8.22. The predicted octanol–water partition coefficient (Wildman–Crippen LogP) is 5.71. The van der Waals surface area contributed by atoms with E-state index in [1.165, 1.54) is 19.3 Å². The van der Waals surface area contributed by atoms with Gasteiger partial charge in [0.05, 0.1) is 17.0 Å².